The maximum Gasteiger partial charge on any atom is 0.306 e. The van der Waals surface area contributed by atoms with E-state index < -0.39 is 6.10 Å². The molecule has 6 heteroatoms. The zero-order valence-electron chi connectivity index (χ0n) is 51.3. The summed E-state index contributed by atoms with van der Waals surface area (Å²) < 4.78 is 16.8. The molecule has 0 bridgehead atoms. The summed E-state index contributed by atoms with van der Waals surface area (Å²) in [6.45, 7) is 6.43. The van der Waals surface area contributed by atoms with E-state index in [0.29, 0.717) is 19.3 Å². The number of carbonyl (C=O) groups is 3. The molecule has 6 nitrogen and oxygen atoms in total. The Kier molecular flexibility index (Phi) is 62.3. The van der Waals surface area contributed by atoms with E-state index in [-0.39, 0.29) is 37.5 Å². The second kappa shape index (κ2) is 66.1. The third-order valence-electron chi connectivity index (χ3n) is 13.6. The number of rotatable bonds is 58. The van der Waals surface area contributed by atoms with Gasteiger partial charge >= 0.3 is 17.9 Å². The van der Waals surface area contributed by atoms with Crippen LogP contribution in [0.15, 0.2) is 134 Å². The van der Waals surface area contributed by atoms with E-state index in [1.165, 1.54) is 128 Å². The summed E-state index contributed by atoms with van der Waals surface area (Å²) in [7, 11) is 0. The van der Waals surface area contributed by atoms with Crippen LogP contribution in [0, 0.1) is 0 Å². The highest BCUT2D eigenvalue weighted by Gasteiger charge is 2.19. The lowest BCUT2D eigenvalue weighted by Crippen LogP contribution is -2.30. The third kappa shape index (κ3) is 64.3. The minimum Gasteiger partial charge on any atom is -0.462 e. The molecule has 0 N–H and O–H groups in total. The van der Waals surface area contributed by atoms with E-state index in [9.17, 15) is 14.4 Å². The number of unbranched alkanes of at least 4 members (excludes halogenated alkanes) is 25. The van der Waals surface area contributed by atoms with Crippen LogP contribution in [-0.2, 0) is 28.6 Å². The predicted octanol–water partition coefficient (Wildman–Crippen LogP) is 22.5. The molecule has 1 atom stereocenters. The fraction of sp³-hybridized carbons (Fsp3) is 0.658. The highest BCUT2D eigenvalue weighted by molar-refractivity contribution is 5.71. The van der Waals surface area contributed by atoms with Gasteiger partial charge in [0.15, 0.2) is 6.10 Å². The Morgan fingerprint density at radius 1 is 0.266 bits per heavy atom. The van der Waals surface area contributed by atoms with Gasteiger partial charge in [0.25, 0.3) is 0 Å². The summed E-state index contributed by atoms with van der Waals surface area (Å²) >= 11 is 0. The molecule has 0 radical (unpaired) electrons. The molecule has 0 aromatic heterocycles. The normalized spacial score (nSPS) is 13.0. The fourth-order valence-electron chi connectivity index (χ4n) is 8.71. The van der Waals surface area contributed by atoms with Gasteiger partial charge in [0.1, 0.15) is 13.2 Å². The molecule has 0 heterocycles. The van der Waals surface area contributed by atoms with Crippen LogP contribution in [0.3, 0.4) is 0 Å². The molecule has 448 valence electrons. The quantitative estimate of drug-likeness (QED) is 0.0261. The molecule has 0 saturated heterocycles. The molecule has 0 aliphatic heterocycles. The fourth-order valence-corrected chi connectivity index (χ4v) is 8.71. The molecule has 0 fully saturated rings. The predicted molar refractivity (Wildman–Crippen MR) is 343 cm³/mol. The van der Waals surface area contributed by atoms with Crippen molar-refractivity contribution in [1.29, 1.82) is 0 Å². The smallest absolute Gasteiger partial charge is 0.306 e. The van der Waals surface area contributed by atoms with Crippen molar-refractivity contribution >= 4 is 17.9 Å². The zero-order chi connectivity index (χ0) is 57.1. The Labute approximate surface area is 487 Å². The highest BCUT2D eigenvalue weighted by atomic mass is 16.6. The van der Waals surface area contributed by atoms with Gasteiger partial charge in [-0.2, -0.15) is 0 Å². The van der Waals surface area contributed by atoms with Crippen LogP contribution in [0.2, 0.25) is 0 Å². The Bertz CT molecular complexity index is 1680. The van der Waals surface area contributed by atoms with Crippen molar-refractivity contribution in [3.63, 3.8) is 0 Å². The number of hydrogen-bond acceptors (Lipinski definition) is 6. The Morgan fingerprint density at radius 2 is 0.519 bits per heavy atom. The molecule has 0 spiro atoms. The second-order valence-electron chi connectivity index (χ2n) is 21.3. The number of allylic oxidation sites excluding steroid dienone is 22. The summed E-state index contributed by atoms with van der Waals surface area (Å²) in [5, 5.41) is 0. The van der Waals surface area contributed by atoms with Crippen molar-refractivity contribution in [3.05, 3.63) is 134 Å². The van der Waals surface area contributed by atoms with Gasteiger partial charge in [-0.25, -0.2) is 0 Å². The molecule has 79 heavy (non-hydrogen) atoms. The average Bonchev–Trinajstić information content (AvgIpc) is 3.45. The molecule has 0 amide bonds. The van der Waals surface area contributed by atoms with Crippen molar-refractivity contribution < 1.29 is 28.6 Å². The van der Waals surface area contributed by atoms with E-state index in [4.69, 9.17) is 14.2 Å². The summed E-state index contributed by atoms with van der Waals surface area (Å²) in [6.07, 6.45) is 93.3. The molecule has 0 saturated carbocycles. The number of ether oxygens (including phenoxy) is 3. The van der Waals surface area contributed by atoms with E-state index >= 15 is 0 Å². The maximum atomic E-state index is 12.9. The zero-order valence-corrected chi connectivity index (χ0v) is 51.3. The monoisotopic (exact) mass is 1090 g/mol. The summed E-state index contributed by atoms with van der Waals surface area (Å²) in [5.74, 6) is -0.979. The van der Waals surface area contributed by atoms with E-state index in [1.807, 2.05) is 0 Å². The van der Waals surface area contributed by atoms with Crippen LogP contribution in [0.5, 0.6) is 0 Å². The molecule has 0 aromatic carbocycles. The van der Waals surface area contributed by atoms with Crippen LogP contribution < -0.4 is 0 Å². The first-order valence-electron chi connectivity index (χ1n) is 32.7. The third-order valence-corrected chi connectivity index (χ3v) is 13.6. The average molecular weight is 1090 g/mol. The van der Waals surface area contributed by atoms with Gasteiger partial charge in [-0.15, -0.1) is 0 Å². The molecule has 1 unspecified atom stereocenters. The van der Waals surface area contributed by atoms with Gasteiger partial charge in [0, 0.05) is 19.3 Å². The van der Waals surface area contributed by atoms with Gasteiger partial charge in [-0.1, -0.05) is 276 Å². The van der Waals surface area contributed by atoms with Crippen LogP contribution >= 0.6 is 0 Å². The van der Waals surface area contributed by atoms with Crippen molar-refractivity contribution in [2.45, 2.75) is 297 Å². The minimum atomic E-state index is -0.818. The number of hydrogen-bond donors (Lipinski definition) is 0. The van der Waals surface area contributed by atoms with Gasteiger partial charge in [-0.3, -0.25) is 14.4 Å². The number of esters is 3. The highest BCUT2D eigenvalue weighted by Crippen LogP contribution is 2.15. The van der Waals surface area contributed by atoms with E-state index in [0.717, 1.165) is 116 Å². The Hall–Kier alpha value is -4.45. The molecule has 0 aromatic rings. The van der Waals surface area contributed by atoms with Crippen LogP contribution in [0.25, 0.3) is 0 Å². The molecule has 0 rings (SSSR count). The minimum absolute atomic E-state index is 0.108. The largest absolute Gasteiger partial charge is 0.462 e. The van der Waals surface area contributed by atoms with Gasteiger partial charge in [-0.05, 0) is 128 Å². The topological polar surface area (TPSA) is 78.9 Å². The van der Waals surface area contributed by atoms with E-state index in [2.05, 4.69) is 154 Å². The van der Waals surface area contributed by atoms with Crippen molar-refractivity contribution in [2.24, 2.45) is 0 Å². The first-order valence-corrected chi connectivity index (χ1v) is 32.7. The van der Waals surface area contributed by atoms with Crippen molar-refractivity contribution in [1.82, 2.24) is 0 Å². The van der Waals surface area contributed by atoms with Crippen LogP contribution in [0.4, 0.5) is 0 Å². The second-order valence-corrected chi connectivity index (χ2v) is 21.3. The lowest BCUT2D eigenvalue weighted by Gasteiger charge is -2.18. The first kappa shape index (κ1) is 74.5. The summed E-state index contributed by atoms with van der Waals surface area (Å²) in [5.41, 5.74) is 0. The molecule has 0 aliphatic carbocycles. The lowest BCUT2D eigenvalue weighted by molar-refractivity contribution is -0.167. The standard InChI is InChI=1S/C73H120O6/c1-4-7-10-13-16-19-22-24-26-28-30-32-34-35-36-37-39-40-42-44-46-48-51-54-57-60-63-66-72(75)78-69-70(68-77-71(74)65-62-59-56-53-50-21-18-15-12-9-6-3)79-73(76)67-64-61-58-55-52-49-47-45-43-41-38-33-31-29-27-25-23-20-17-14-11-8-5-2/h8,11,15,17-18,20,22,24-25,27-28,30-31,33-35,41,43,47,49,55,58,70H,4-7,9-10,12-14,16,19,21,23,26,29,32,36-40,42,44-46,48,50-54,56-57,59-69H2,1-3H3/b11-8-,18-15-,20-17-,24-22-,27-25-,30-28-,33-31-,35-34-,43-41-,49-47-,58-55-. The number of carbonyl (C=O) groups excluding carboxylic acids is 3. The van der Waals surface area contributed by atoms with Crippen LogP contribution in [0.1, 0.15) is 290 Å². The van der Waals surface area contributed by atoms with Crippen LogP contribution in [-0.4, -0.2) is 37.2 Å². The van der Waals surface area contributed by atoms with Gasteiger partial charge < -0.3 is 14.2 Å². The summed E-state index contributed by atoms with van der Waals surface area (Å²) in [6, 6.07) is 0. The molecular weight excluding hydrogens is 973 g/mol. The van der Waals surface area contributed by atoms with E-state index in [1.54, 1.807) is 0 Å². The first-order chi connectivity index (χ1) is 39.0. The molecular formula is C73H120O6. The van der Waals surface area contributed by atoms with Gasteiger partial charge in [0.2, 0.25) is 0 Å². The van der Waals surface area contributed by atoms with Crippen molar-refractivity contribution in [3.8, 4) is 0 Å². The Morgan fingerprint density at radius 3 is 0.861 bits per heavy atom. The lowest BCUT2D eigenvalue weighted by atomic mass is 10.0. The maximum absolute atomic E-state index is 12.9. The SMILES string of the molecule is CC/C=C\C/C=C\C/C=C\C/C=C\C/C=C\C/C=C\C/C=C\CCCC(=O)OC(COC(=O)CCCCCCC/C=C\CCCC)COC(=O)CCCCCCCCCCCCCC/C=C\C/C=C\C/C=C\CCCCCCC. The van der Waals surface area contributed by atoms with Gasteiger partial charge in [0.05, 0.1) is 0 Å². The molecule has 0 aliphatic rings. The van der Waals surface area contributed by atoms with Crippen molar-refractivity contribution in [2.75, 3.05) is 13.2 Å². The summed E-state index contributed by atoms with van der Waals surface area (Å²) in [4.78, 5) is 38.3. The Balaban J connectivity index is 4.37.